The maximum atomic E-state index is 12.2. The number of ether oxygens (including phenoxy) is 2. The summed E-state index contributed by atoms with van der Waals surface area (Å²) in [6, 6.07) is 6.04. The highest BCUT2D eigenvalue weighted by atomic mass is 127. The first-order valence-corrected chi connectivity index (χ1v) is 10.6. The van der Waals surface area contributed by atoms with Gasteiger partial charge in [-0.15, -0.1) is 0 Å². The number of carboxylic acids is 1. The number of rotatable bonds is 7. The van der Waals surface area contributed by atoms with Gasteiger partial charge in [0.25, 0.3) is 0 Å². The van der Waals surface area contributed by atoms with Crippen LogP contribution in [0.15, 0.2) is 30.8 Å². The number of carbonyl (C=O) groups excluding carboxylic acids is 2. The number of esters is 1. The summed E-state index contributed by atoms with van der Waals surface area (Å²) >= 11 is 5.87. The molecule has 2 aromatic rings. The van der Waals surface area contributed by atoms with Crippen molar-refractivity contribution in [1.82, 2.24) is 0 Å². The van der Waals surface area contributed by atoms with Gasteiger partial charge in [-0.1, -0.05) is 12.7 Å². The van der Waals surface area contributed by atoms with E-state index in [0.29, 0.717) is 22.0 Å². The molecule has 0 bridgehead atoms. The van der Waals surface area contributed by atoms with Crippen LogP contribution in [0.2, 0.25) is 0 Å². The van der Waals surface area contributed by atoms with Gasteiger partial charge >= 0.3 is 5.97 Å². The molecule has 0 aromatic heterocycles. The van der Waals surface area contributed by atoms with Crippen LogP contribution in [-0.2, 0) is 4.74 Å². The molecule has 0 saturated heterocycles. The predicted molar refractivity (Wildman–Crippen MR) is 123 cm³/mol. The van der Waals surface area contributed by atoms with Crippen molar-refractivity contribution in [2.45, 2.75) is 0 Å². The Morgan fingerprint density at radius 2 is 1.70 bits per heavy atom. The van der Waals surface area contributed by atoms with Crippen molar-refractivity contribution >= 4 is 85.8 Å². The molecule has 142 valence electrons. The first-order chi connectivity index (χ1) is 12.7. The number of phenolic OH excluding ortho intramolecular Hbond substituents is 1. The Bertz CT molecular complexity index is 864. The van der Waals surface area contributed by atoms with Crippen molar-refractivity contribution in [3.05, 3.63) is 58.2 Å². The average molecular weight is 705 g/mol. The van der Waals surface area contributed by atoms with Crippen molar-refractivity contribution in [2.24, 2.45) is 0 Å². The van der Waals surface area contributed by atoms with Gasteiger partial charge in [0.05, 0.1) is 13.1 Å². The van der Waals surface area contributed by atoms with E-state index in [2.05, 4.69) is 6.58 Å². The average Bonchev–Trinajstić information content (AvgIpc) is 2.59. The Labute approximate surface area is 196 Å². The lowest BCUT2D eigenvalue weighted by Crippen LogP contribution is -2.22. The third-order valence-electron chi connectivity index (χ3n) is 3.33. The van der Waals surface area contributed by atoms with E-state index in [0.717, 1.165) is 0 Å². The number of hydrogen-bond donors (Lipinski definition) is 1. The van der Waals surface area contributed by atoms with Crippen LogP contribution in [0.4, 0.5) is 0 Å². The fourth-order valence-electron chi connectivity index (χ4n) is 2.10. The van der Waals surface area contributed by atoms with Gasteiger partial charge in [-0.2, -0.15) is 0 Å². The Kier molecular flexibility index (Phi) is 8.15. The van der Waals surface area contributed by atoms with Crippen LogP contribution in [0.3, 0.4) is 0 Å². The van der Waals surface area contributed by atoms with Gasteiger partial charge < -0.3 is 24.5 Å². The maximum absolute atomic E-state index is 12.2. The quantitative estimate of drug-likeness (QED) is 0.270. The van der Waals surface area contributed by atoms with E-state index in [1.54, 1.807) is 12.1 Å². The van der Waals surface area contributed by atoms with Gasteiger partial charge in [-0.3, -0.25) is 0 Å². The number of carboxylic acid groups (broad SMARTS) is 1. The van der Waals surface area contributed by atoms with E-state index >= 15 is 0 Å². The molecule has 0 aliphatic heterocycles. The molecule has 0 unspecified atom stereocenters. The largest absolute Gasteiger partial charge is 0.545 e. The molecule has 2 aromatic carbocycles. The summed E-state index contributed by atoms with van der Waals surface area (Å²) in [6.45, 7) is 3.66. The predicted octanol–water partition coefficient (Wildman–Crippen LogP) is 3.45. The third-order valence-corrected chi connectivity index (χ3v) is 5.78. The zero-order chi connectivity index (χ0) is 20.1. The second kappa shape index (κ2) is 9.91. The highest BCUT2D eigenvalue weighted by molar-refractivity contribution is 14.1. The molecule has 0 aliphatic rings. The highest BCUT2D eigenvalue weighted by Gasteiger charge is 2.18. The van der Waals surface area contributed by atoms with E-state index in [9.17, 15) is 19.8 Å². The van der Waals surface area contributed by atoms with Crippen LogP contribution < -0.4 is 9.84 Å². The van der Waals surface area contributed by atoms with Crippen molar-refractivity contribution in [2.75, 3.05) is 13.2 Å². The molecule has 0 spiro atoms. The number of hydrogen-bond acceptors (Lipinski definition) is 6. The molecule has 0 aliphatic carbocycles. The molecule has 0 amide bonds. The topological polar surface area (TPSA) is 95.9 Å². The van der Waals surface area contributed by atoms with Gasteiger partial charge in [0.2, 0.25) is 0 Å². The van der Waals surface area contributed by atoms with Crippen molar-refractivity contribution in [3.63, 3.8) is 0 Å². The van der Waals surface area contributed by atoms with Gasteiger partial charge in [0.1, 0.15) is 30.3 Å². The minimum atomic E-state index is -1.26. The number of halogens is 3. The van der Waals surface area contributed by atoms with E-state index in [4.69, 9.17) is 9.47 Å². The minimum Gasteiger partial charge on any atom is -0.545 e. The van der Waals surface area contributed by atoms with E-state index < -0.39 is 11.9 Å². The zero-order valence-corrected chi connectivity index (χ0v) is 20.1. The first kappa shape index (κ1) is 22.2. The number of phenols is 1. The van der Waals surface area contributed by atoms with E-state index in [-0.39, 0.29) is 30.1 Å². The molecule has 0 radical (unpaired) electrons. The Hall–Kier alpha value is -1.09. The van der Waals surface area contributed by atoms with Crippen LogP contribution >= 0.6 is 67.8 Å². The van der Waals surface area contributed by atoms with Gasteiger partial charge in [0, 0.05) is 3.57 Å². The number of aromatic hydroxyl groups is 1. The summed E-state index contributed by atoms with van der Waals surface area (Å²) in [7, 11) is 0. The molecular weight excluding hydrogens is 693 g/mol. The summed E-state index contributed by atoms with van der Waals surface area (Å²) in [6.07, 6.45) is 1.57. The fraction of sp³-hybridized carbons (Fsp3) is 0.111. The molecule has 6 nitrogen and oxygen atoms in total. The van der Waals surface area contributed by atoms with Crippen LogP contribution in [0.5, 0.6) is 11.5 Å². The standard InChI is InChI=1S/C18H13I3O6/c1-2-9-5-11(19)15(14(22)6-9)18(25)27-4-3-26-16-12(20)7-10(17(23)24)8-13(16)21/h2,5-8,22H,1,3-4H2,(H,23,24)/p-1. The second-order valence-electron chi connectivity index (χ2n) is 5.14. The molecule has 9 heteroatoms. The maximum Gasteiger partial charge on any atom is 0.343 e. The lowest BCUT2D eigenvalue weighted by Gasteiger charge is -2.13. The van der Waals surface area contributed by atoms with E-state index in [1.807, 2.05) is 67.8 Å². The highest BCUT2D eigenvalue weighted by Crippen LogP contribution is 2.29. The normalized spacial score (nSPS) is 10.3. The summed E-state index contributed by atoms with van der Waals surface area (Å²) in [5.74, 6) is -1.59. The lowest BCUT2D eigenvalue weighted by atomic mass is 10.1. The van der Waals surface area contributed by atoms with Crippen LogP contribution in [0.25, 0.3) is 6.08 Å². The minimum absolute atomic E-state index is 0.0358. The smallest absolute Gasteiger partial charge is 0.343 e. The Balaban J connectivity index is 1.99. The van der Waals surface area contributed by atoms with Gasteiger partial charge in [-0.05, 0) is 103 Å². The summed E-state index contributed by atoms with van der Waals surface area (Å²) < 4.78 is 12.5. The Morgan fingerprint density at radius 1 is 1.07 bits per heavy atom. The van der Waals surface area contributed by atoms with Gasteiger partial charge in [-0.25, -0.2) is 4.79 Å². The lowest BCUT2D eigenvalue weighted by molar-refractivity contribution is -0.255. The van der Waals surface area contributed by atoms with Crippen LogP contribution in [-0.4, -0.2) is 30.3 Å². The number of aromatic carboxylic acids is 1. The molecule has 0 atom stereocenters. The first-order valence-electron chi connectivity index (χ1n) is 7.39. The zero-order valence-electron chi connectivity index (χ0n) is 13.6. The molecule has 27 heavy (non-hydrogen) atoms. The monoisotopic (exact) mass is 705 g/mol. The van der Waals surface area contributed by atoms with Crippen molar-refractivity contribution in [1.29, 1.82) is 0 Å². The van der Waals surface area contributed by atoms with Crippen LogP contribution in [0.1, 0.15) is 26.3 Å². The molecular formula is C18H12I3O6-. The fourth-order valence-corrected chi connectivity index (χ4v) is 5.03. The summed E-state index contributed by atoms with van der Waals surface area (Å²) in [4.78, 5) is 23.1. The second-order valence-corrected chi connectivity index (χ2v) is 8.63. The van der Waals surface area contributed by atoms with E-state index in [1.165, 1.54) is 18.2 Å². The molecule has 0 fully saturated rings. The number of benzene rings is 2. The SMILES string of the molecule is C=Cc1cc(O)c(C(=O)OCCOc2c(I)cc(C(=O)[O-])cc2I)c(I)c1. The number of carbonyl (C=O) groups is 2. The third kappa shape index (κ3) is 5.70. The van der Waals surface area contributed by atoms with Crippen molar-refractivity contribution < 1.29 is 29.3 Å². The molecule has 1 N–H and O–H groups in total. The molecule has 0 saturated carbocycles. The van der Waals surface area contributed by atoms with Gasteiger partial charge in [0.15, 0.2) is 0 Å². The molecule has 2 rings (SSSR count). The van der Waals surface area contributed by atoms with Crippen LogP contribution in [0, 0.1) is 10.7 Å². The summed E-state index contributed by atoms with van der Waals surface area (Å²) in [5.41, 5.74) is 0.847. The summed E-state index contributed by atoms with van der Waals surface area (Å²) in [5, 5.41) is 21.0. The Morgan fingerprint density at radius 3 is 2.22 bits per heavy atom. The molecule has 0 heterocycles. The van der Waals surface area contributed by atoms with Crippen molar-refractivity contribution in [3.8, 4) is 11.5 Å².